The third-order valence-corrected chi connectivity index (χ3v) is 21.2. The van der Waals surface area contributed by atoms with Crippen molar-refractivity contribution in [3.05, 3.63) is 35.4 Å². The van der Waals surface area contributed by atoms with Gasteiger partial charge in [-0.25, -0.2) is 4.79 Å². The molecule has 1 aliphatic rings. The summed E-state index contributed by atoms with van der Waals surface area (Å²) < 4.78 is 4.75. The van der Waals surface area contributed by atoms with Crippen LogP contribution in [0.4, 0.5) is 0 Å². The van der Waals surface area contributed by atoms with E-state index >= 15 is 28.8 Å². The molecule has 1 aliphatic heterocycles. The number of amides is 12. The molecule has 0 unspecified atom stereocenters. The van der Waals surface area contributed by atoms with Crippen LogP contribution in [0.15, 0.2) is 24.3 Å². The Morgan fingerprint density at radius 1 is 0.477 bits per heavy atom. The van der Waals surface area contributed by atoms with Crippen molar-refractivity contribution in [3.8, 4) is 0 Å². The maximum atomic E-state index is 15.6. The summed E-state index contributed by atoms with van der Waals surface area (Å²) in [6.45, 7) is 28.3. The standard InChI is InChI=1S/C78H134N12O16S/c1-25-56-72(99)88(21)61(44-107-39-31-30-38-91)75(102)84(17)58(41-46(4)5)69(96)83-62(49(10)11)76(103)85(18)57(40-45(2)3)68(95)80-52(15)66(93)81-53(16)71(98)86(19)59(42-47(6)7)73(100)87(20)60(43-48(8)9)74(101)89(22)63(50(12)13)77(104)90(23)64(70(97)82-56)65(92)51(14)32-28-26-27-29-37-79-67(94)54-33-35-55(36-34-54)78(105)106-24/h33-36,45-53,56-65,91-92H,25-32,37-44H2,1-24H3,(H,79,94)(H,80,95)(H,81,93)(H,82,97)(H,83,96)/t51-,52+,53-,56+,57+,58+,59+,60+,61-,62+,63+,64+,65-/m1/s1. The Labute approximate surface area is 642 Å². The summed E-state index contributed by atoms with van der Waals surface area (Å²) in [7, 11) is 11.2. The molecule has 1 saturated heterocycles. The van der Waals surface area contributed by atoms with E-state index in [9.17, 15) is 43.8 Å². The number of nitrogens with one attached hydrogen (secondary N) is 5. The van der Waals surface area contributed by atoms with Crippen LogP contribution in [0.5, 0.6) is 0 Å². The smallest absolute Gasteiger partial charge is 0.337 e. The van der Waals surface area contributed by atoms with E-state index in [0.717, 1.165) is 4.90 Å². The Kier molecular flexibility index (Phi) is 41.3. The second-order valence-corrected chi connectivity index (χ2v) is 32.7. The van der Waals surface area contributed by atoms with Crippen LogP contribution in [0.1, 0.15) is 209 Å². The number of rotatable bonds is 28. The first kappa shape index (κ1) is 95.7. The predicted octanol–water partition coefficient (Wildman–Crippen LogP) is 5.34. The lowest BCUT2D eigenvalue weighted by Gasteiger charge is -2.41. The van der Waals surface area contributed by atoms with Crippen LogP contribution in [0.2, 0.25) is 0 Å². The number of hydrogen-bond donors (Lipinski definition) is 7. The van der Waals surface area contributed by atoms with Gasteiger partial charge < -0.3 is 75.8 Å². The van der Waals surface area contributed by atoms with Gasteiger partial charge in [0.15, 0.2) is 0 Å². The summed E-state index contributed by atoms with van der Waals surface area (Å²) in [6.07, 6.45) is 2.68. The molecule has 29 heteroatoms. The van der Waals surface area contributed by atoms with Gasteiger partial charge in [-0.3, -0.25) is 57.5 Å². The molecule has 0 bridgehead atoms. The first-order valence-corrected chi connectivity index (χ1v) is 39.5. The van der Waals surface area contributed by atoms with Crippen molar-refractivity contribution >= 4 is 88.6 Å². The van der Waals surface area contributed by atoms with Crippen LogP contribution in [0.3, 0.4) is 0 Å². The zero-order chi connectivity index (χ0) is 81.8. The molecule has 608 valence electrons. The molecule has 12 amide bonds. The van der Waals surface area contributed by atoms with Crippen LogP contribution >= 0.6 is 11.8 Å². The van der Waals surface area contributed by atoms with E-state index in [1.807, 2.05) is 55.4 Å². The lowest BCUT2D eigenvalue weighted by atomic mass is 9.90. The van der Waals surface area contributed by atoms with Crippen LogP contribution in [0, 0.1) is 41.4 Å². The molecule has 0 radical (unpaired) electrons. The summed E-state index contributed by atoms with van der Waals surface area (Å²) in [5.41, 5.74) is 0.670. The van der Waals surface area contributed by atoms with Crippen molar-refractivity contribution in [1.29, 1.82) is 0 Å². The fourth-order valence-electron chi connectivity index (χ4n) is 13.3. The van der Waals surface area contributed by atoms with Crippen molar-refractivity contribution in [2.45, 2.75) is 260 Å². The summed E-state index contributed by atoms with van der Waals surface area (Å²) in [4.78, 5) is 199. The minimum atomic E-state index is -1.71. The molecular formula is C78H134N12O16S. The molecular weight excluding hydrogens is 1390 g/mol. The van der Waals surface area contributed by atoms with Crippen LogP contribution < -0.4 is 26.6 Å². The number of benzene rings is 1. The van der Waals surface area contributed by atoms with Crippen LogP contribution in [-0.4, -0.2) is 275 Å². The van der Waals surface area contributed by atoms with Gasteiger partial charge in [0.25, 0.3) is 5.91 Å². The number of unbranched alkanes of at least 4 members (excludes halogenated alkanes) is 4. The number of methoxy groups -OCH3 is 1. The lowest BCUT2D eigenvalue weighted by Crippen LogP contribution is -2.64. The largest absolute Gasteiger partial charge is 0.465 e. The summed E-state index contributed by atoms with van der Waals surface area (Å²) >= 11 is 1.34. The lowest BCUT2D eigenvalue weighted by molar-refractivity contribution is -0.157. The highest BCUT2D eigenvalue weighted by Crippen LogP contribution is 2.27. The summed E-state index contributed by atoms with van der Waals surface area (Å²) in [5.74, 6) is -10.8. The zero-order valence-electron chi connectivity index (χ0n) is 68.7. The Morgan fingerprint density at radius 3 is 1.41 bits per heavy atom. The van der Waals surface area contributed by atoms with Gasteiger partial charge in [-0.05, 0) is 143 Å². The highest BCUT2D eigenvalue weighted by atomic mass is 32.2. The number of carbonyl (C=O) groups is 13. The molecule has 13 atom stereocenters. The second kappa shape index (κ2) is 46.2. The van der Waals surface area contributed by atoms with E-state index in [4.69, 9.17) is 4.74 Å². The third-order valence-electron chi connectivity index (χ3n) is 20.1. The molecule has 107 heavy (non-hydrogen) atoms. The number of aliphatic hydroxyl groups is 2. The zero-order valence-corrected chi connectivity index (χ0v) is 69.6. The SMILES string of the molecule is CC[C@@H]1NC(=O)[C@H]([C@H](O)[C@H](C)CCCCCCNC(=O)c2ccc(C(=O)OC)cc2)N(C)C(=O)[C@H](C(C)C)N(C)C(=O)[C@H](CC(C)C)N(C)C(=O)[C@H](CC(C)C)N(C)C(=O)[C@@H](C)NC(=O)[C@H](C)NC(=O)[C@H](CC(C)C)N(C)C(=O)[C@H](C(C)C)NC(=O)[C@H](CC(C)C)N(C)C(=O)[C@@H](CSCCCCO)N(C)C1=O. The van der Waals surface area contributed by atoms with E-state index in [0.29, 0.717) is 68.4 Å². The highest BCUT2D eigenvalue weighted by Gasteiger charge is 2.47. The number of thioether (sulfide) groups is 1. The van der Waals surface area contributed by atoms with Crippen molar-refractivity contribution in [3.63, 3.8) is 0 Å². The third kappa shape index (κ3) is 28.5. The summed E-state index contributed by atoms with van der Waals surface area (Å²) in [6, 6.07) is -8.17. The molecule has 7 N–H and O–H groups in total. The first-order chi connectivity index (χ1) is 49.9. The van der Waals surface area contributed by atoms with Crippen LogP contribution in [0.25, 0.3) is 0 Å². The number of esters is 1. The average Bonchev–Trinajstić information content (AvgIpc) is 0.801. The van der Waals surface area contributed by atoms with Gasteiger partial charge in [-0.2, -0.15) is 11.8 Å². The molecule has 0 spiro atoms. The minimum absolute atomic E-state index is 0.00507. The molecule has 1 fully saturated rings. The van der Waals surface area contributed by atoms with Gasteiger partial charge in [0.05, 0.1) is 18.8 Å². The van der Waals surface area contributed by atoms with Gasteiger partial charge in [-0.1, -0.05) is 116 Å². The molecule has 1 aromatic rings. The fraction of sp³-hybridized carbons (Fsp3) is 0.756. The Bertz CT molecular complexity index is 3100. The minimum Gasteiger partial charge on any atom is -0.465 e. The monoisotopic (exact) mass is 1530 g/mol. The Hall–Kier alpha value is -7.40. The first-order valence-electron chi connectivity index (χ1n) is 38.4. The summed E-state index contributed by atoms with van der Waals surface area (Å²) in [5, 5.41) is 36.4. The van der Waals surface area contributed by atoms with Crippen molar-refractivity contribution < 1.29 is 77.3 Å². The topological polar surface area (TPSA) is 354 Å². The Morgan fingerprint density at radius 2 is 0.916 bits per heavy atom. The van der Waals surface area contributed by atoms with Gasteiger partial charge in [-0.15, -0.1) is 0 Å². The van der Waals surface area contributed by atoms with Crippen molar-refractivity contribution in [1.82, 2.24) is 60.9 Å². The van der Waals surface area contributed by atoms with Crippen molar-refractivity contribution in [2.75, 3.05) is 81.1 Å². The second-order valence-electron chi connectivity index (χ2n) is 31.5. The van der Waals surface area contributed by atoms with E-state index in [2.05, 4.69) is 26.6 Å². The maximum Gasteiger partial charge on any atom is 0.337 e. The normalized spacial score (nSPS) is 24.3. The average molecular weight is 1530 g/mol. The van der Waals surface area contributed by atoms with Gasteiger partial charge >= 0.3 is 5.97 Å². The van der Waals surface area contributed by atoms with E-state index in [1.165, 1.54) is 136 Å². The van der Waals surface area contributed by atoms with E-state index < -0.39 is 161 Å². The molecule has 0 aromatic heterocycles. The quantitative estimate of drug-likeness (QED) is 0.0411. The number of nitrogens with zero attached hydrogens (tertiary/aromatic N) is 7. The molecule has 2 rings (SSSR count). The fourth-order valence-corrected chi connectivity index (χ4v) is 14.5. The van der Waals surface area contributed by atoms with E-state index in [-0.39, 0.29) is 74.0 Å². The highest BCUT2D eigenvalue weighted by molar-refractivity contribution is 7.99. The molecule has 0 saturated carbocycles. The Balaban J connectivity index is 3.02. The van der Waals surface area contributed by atoms with Crippen molar-refractivity contribution in [2.24, 2.45) is 41.4 Å². The number of hydrogen-bond acceptors (Lipinski definition) is 17. The molecule has 1 heterocycles. The molecule has 0 aliphatic carbocycles. The number of carbonyl (C=O) groups excluding carboxylic acids is 13. The van der Waals surface area contributed by atoms with E-state index in [1.54, 1.807) is 41.5 Å². The van der Waals surface area contributed by atoms with Crippen LogP contribution in [-0.2, 0) is 57.5 Å². The van der Waals surface area contributed by atoms with Gasteiger partial charge in [0.1, 0.15) is 66.5 Å². The number of likely N-dealkylation sites (N-methyl/N-ethyl adjacent to an activating group) is 7. The number of ether oxygens (including phenoxy) is 1. The molecule has 28 nitrogen and oxygen atoms in total. The molecule has 1 aromatic carbocycles. The number of aliphatic hydroxyl groups excluding tert-OH is 2. The van der Waals surface area contributed by atoms with Gasteiger partial charge in [0, 0.05) is 73.8 Å². The van der Waals surface area contributed by atoms with Gasteiger partial charge in [0.2, 0.25) is 65.0 Å². The predicted molar refractivity (Wildman–Crippen MR) is 415 cm³/mol. The maximum absolute atomic E-state index is 15.6.